The summed E-state index contributed by atoms with van der Waals surface area (Å²) in [5.74, 6) is 0.380. The van der Waals surface area contributed by atoms with E-state index in [1.165, 1.54) is 23.1 Å². The number of thioether (sulfide) groups is 1. The summed E-state index contributed by atoms with van der Waals surface area (Å²) in [7, 11) is 0. The van der Waals surface area contributed by atoms with Crippen LogP contribution in [0.5, 0.6) is 0 Å². The van der Waals surface area contributed by atoms with E-state index < -0.39 is 0 Å². The fourth-order valence-electron chi connectivity index (χ4n) is 1.27. The molecule has 0 aliphatic heterocycles. The van der Waals surface area contributed by atoms with Crippen LogP contribution in [0.25, 0.3) is 0 Å². The van der Waals surface area contributed by atoms with Gasteiger partial charge in [-0.1, -0.05) is 29.2 Å². The molecule has 1 amide bonds. The summed E-state index contributed by atoms with van der Waals surface area (Å²) in [6, 6.07) is 3.98. The van der Waals surface area contributed by atoms with Gasteiger partial charge in [0.05, 0.1) is 12.3 Å². The van der Waals surface area contributed by atoms with Crippen LogP contribution in [0, 0.1) is 0 Å². The number of anilines is 1. The predicted molar refractivity (Wildman–Crippen MR) is 81.0 cm³/mol. The highest BCUT2D eigenvalue weighted by molar-refractivity contribution is 8.01. The second-order valence-electron chi connectivity index (χ2n) is 3.55. The van der Waals surface area contributed by atoms with Gasteiger partial charge in [0.25, 0.3) is 0 Å². The fourth-order valence-corrected chi connectivity index (χ4v) is 3.56. The van der Waals surface area contributed by atoms with Gasteiger partial charge in [0.1, 0.15) is 0 Å². The smallest absolute Gasteiger partial charge is 0.230 e. The highest BCUT2D eigenvalue weighted by Gasteiger charge is 2.07. The molecule has 0 aliphatic carbocycles. The Hall–Kier alpha value is -1.12. The lowest BCUT2D eigenvalue weighted by atomic mass is 10.4. The van der Waals surface area contributed by atoms with Crippen molar-refractivity contribution >= 4 is 45.5 Å². The van der Waals surface area contributed by atoms with Crippen molar-refractivity contribution in [2.24, 2.45) is 0 Å². The van der Waals surface area contributed by atoms with Crippen LogP contribution in [0.15, 0.2) is 21.9 Å². The number of carbonyl (C=O) groups is 1. The lowest BCUT2D eigenvalue weighted by Crippen LogP contribution is -2.24. The number of thiophene rings is 1. The second kappa shape index (κ2) is 7.46. The Balaban J connectivity index is 1.70. The quantitative estimate of drug-likeness (QED) is 0.768. The minimum atomic E-state index is 0.0126. The van der Waals surface area contributed by atoms with Gasteiger partial charge in [0.2, 0.25) is 11.0 Å². The average molecular weight is 314 g/mol. The normalized spacial score (nSPS) is 10.4. The molecule has 2 heterocycles. The molecule has 19 heavy (non-hydrogen) atoms. The summed E-state index contributed by atoms with van der Waals surface area (Å²) < 4.78 is 0.808. The van der Waals surface area contributed by atoms with Crippen LogP contribution in [0.3, 0.4) is 0 Å². The summed E-state index contributed by atoms with van der Waals surface area (Å²) in [5, 5.41) is 16.8. The number of hydrogen-bond donors (Lipinski definition) is 2. The van der Waals surface area contributed by atoms with Crippen LogP contribution >= 0.6 is 34.4 Å². The van der Waals surface area contributed by atoms with Gasteiger partial charge in [-0.25, -0.2) is 0 Å². The third kappa shape index (κ3) is 4.81. The summed E-state index contributed by atoms with van der Waals surface area (Å²) in [6.07, 6.45) is 0. The number of amides is 1. The number of hydrogen-bond acceptors (Lipinski definition) is 7. The molecule has 5 nitrogen and oxygen atoms in total. The lowest BCUT2D eigenvalue weighted by molar-refractivity contribution is -0.118. The van der Waals surface area contributed by atoms with Crippen molar-refractivity contribution in [2.45, 2.75) is 17.8 Å². The van der Waals surface area contributed by atoms with Crippen LogP contribution < -0.4 is 10.6 Å². The Bertz CT molecular complexity index is 512. The van der Waals surface area contributed by atoms with Crippen molar-refractivity contribution in [3.05, 3.63) is 22.4 Å². The first kappa shape index (κ1) is 14.3. The van der Waals surface area contributed by atoms with Crippen LogP contribution in [0.4, 0.5) is 5.13 Å². The largest absolute Gasteiger partial charge is 0.360 e. The van der Waals surface area contributed by atoms with E-state index in [-0.39, 0.29) is 5.91 Å². The SMILES string of the molecule is CCNc1nnc(SCC(=O)NCc2cccs2)s1. The van der Waals surface area contributed by atoms with Crippen LogP contribution in [-0.4, -0.2) is 28.4 Å². The summed E-state index contributed by atoms with van der Waals surface area (Å²) in [5.41, 5.74) is 0. The summed E-state index contributed by atoms with van der Waals surface area (Å²) >= 11 is 4.51. The molecule has 0 radical (unpaired) electrons. The number of rotatable bonds is 7. The van der Waals surface area contributed by atoms with Gasteiger partial charge >= 0.3 is 0 Å². The third-order valence-electron chi connectivity index (χ3n) is 2.10. The molecule has 0 saturated carbocycles. The van der Waals surface area contributed by atoms with Gasteiger partial charge in [-0.15, -0.1) is 21.5 Å². The second-order valence-corrected chi connectivity index (χ2v) is 6.78. The molecule has 0 saturated heterocycles. The molecule has 0 fully saturated rings. The van der Waals surface area contributed by atoms with E-state index >= 15 is 0 Å². The monoisotopic (exact) mass is 314 g/mol. The topological polar surface area (TPSA) is 66.9 Å². The van der Waals surface area contributed by atoms with E-state index in [1.54, 1.807) is 11.3 Å². The minimum absolute atomic E-state index is 0.0126. The number of aromatic nitrogens is 2. The van der Waals surface area contributed by atoms with E-state index in [4.69, 9.17) is 0 Å². The first-order chi connectivity index (χ1) is 9.28. The third-order valence-corrected chi connectivity index (χ3v) is 4.99. The molecule has 2 N–H and O–H groups in total. The molecular weight excluding hydrogens is 300 g/mol. The molecule has 2 aromatic rings. The standard InChI is InChI=1S/C11H14N4OS3/c1-2-12-10-14-15-11(19-10)18-7-9(16)13-6-8-4-3-5-17-8/h3-5H,2,6-7H2,1H3,(H,12,14)(H,13,16). The molecule has 2 aromatic heterocycles. The van der Waals surface area contributed by atoms with Crippen molar-refractivity contribution in [2.75, 3.05) is 17.6 Å². The zero-order valence-corrected chi connectivity index (χ0v) is 12.8. The van der Waals surface area contributed by atoms with Gasteiger partial charge in [-0.05, 0) is 18.4 Å². The van der Waals surface area contributed by atoms with E-state index in [1.807, 2.05) is 24.4 Å². The zero-order chi connectivity index (χ0) is 13.5. The van der Waals surface area contributed by atoms with Crippen LogP contribution in [0.1, 0.15) is 11.8 Å². The molecule has 8 heteroatoms. The first-order valence-corrected chi connectivity index (χ1v) is 8.45. The molecule has 0 aliphatic rings. The van der Waals surface area contributed by atoms with Crippen LogP contribution in [0.2, 0.25) is 0 Å². The maximum absolute atomic E-state index is 11.7. The average Bonchev–Trinajstić information content (AvgIpc) is 3.05. The first-order valence-electron chi connectivity index (χ1n) is 5.77. The number of nitrogens with zero attached hydrogens (tertiary/aromatic N) is 2. The number of carbonyl (C=O) groups excluding carboxylic acids is 1. The summed E-state index contributed by atoms with van der Waals surface area (Å²) in [4.78, 5) is 12.8. The Morgan fingerprint density at radius 2 is 2.37 bits per heavy atom. The highest BCUT2D eigenvalue weighted by atomic mass is 32.2. The Morgan fingerprint density at radius 1 is 1.47 bits per heavy atom. The Morgan fingerprint density at radius 3 is 3.11 bits per heavy atom. The molecule has 0 spiro atoms. The van der Waals surface area contributed by atoms with Gasteiger partial charge < -0.3 is 10.6 Å². The Labute approximate surface area is 123 Å². The van der Waals surface area contributed by atoms with Crippen molar-refractivity contribution < 1.29 is 4.79 Å². The minimum Gasteiger partial charge on any atom is -0.360 e. The molecule has 102 valence electrons. The lowest BCUT2D eigenvalue weighted by Gasteiger charge is -2.01. The van der Waals surface area contributed by atoms with Crippen molar-refractivity contribution in [1.29, 1.82) is 0 Å². The van der Waals surface area contributed by atoms with Gasteiger partial charge in [0.15, 0.2) is 4.34 Å². The number of nitrogens with one attached hydrogen (secondary N) is 2. The fraction of sp³-hybridized carbons (Fsp3) is 0.364. The Kier molecular flexibility index (Phi) is 5.62. The zero-order valence-electron chi connectivity index (χ0n) is 10.4. The molecule has 0 atom stereocenters. The molecule has 0 aromatic carbocycles. The van der Waals surface area contributed by atoms with Crippen LogP contribution in [-0.2, 0) is 11.3 Å². The molecule has 0 bridgehead atoms. The maximum atomic E-state index is 11.7. The maximum Gasteiger partial charge on any atom is 0.230 e. The van der Waals surface area contributed by atoms with E-state index in [0.29, 0.717) is 12.3 Å². The highest BCUT2D eigenvalue weighted by Crippen LogP contribution is 2.24. The van der Waals surface area contributed by atoms with Crippen molar-refractivity contribution in [3.63, 3.8) is 0 Å². The van der Waals surface area contributed by atoms with Crippen molar-refractivity contribution in [3.8, 4) is 0 Å². The van der Waals surface area contributed by atoms with E-state index in [0.717, 1.165) is 20.9 Å². The predicted octanol–water partition coefficient (Wildman–Crippen LogP) is 2.44. The van der Waals surface area contributed by atoms with E-state index in [9.17, 15) is 4.79 Å². The van der Waals surface area contributed by atoms with Gasteiger partial charge in [-0.3, -0.25) is 4.79 Å². The molecule has 2 rings (SSSR count). The van der Waals surface area contributed by atoms with Gasteiger partial charge in [0, 0.05) is 11.4 Å². The molecular formula is C11H14N4OS3. The van der Waals surface area contributed by atoms with Gasteiger partial charge in [-0.2, -0.15) is 0 Å². The molecule has 0 unspecified atom stereocenters. The summed E-state index contributed by atoms with van der Waals surface area (Å²) in [6.45, 7) is 3.42. The van der Waals surface area contributed by atoms with Crippen molar-refractivity contribution in [1.82, 2.24) is 15.5 Å². The van der Waals surface area contributed by atoms with E-state index in [2.05, 4.69) is 20.8 Å².